The molecule has 0 radical (unpaired) electrons. The average Bonchev–Trinajstić information content (AvgIpc) is 2.04. The first-order valence-corrected chi connectivity index (χ1v) is 4.21. The molecule has 0 fully saturated rings. The van der Waals surface area contributed by atoms with Crippen molar-refractivity contribution in [3.63, 3.8) is 0 Å². The molecule has 1 N–H and O–H groups in total. The van der Waals surface area contributed by atoms with Crippen molar-refractivity contribution in [3.05, 3.63) is 12.7 Å². The van der Waals surface area contributed by atoms with E-state index in [1.54, 1.807) is 0 Å². The smallest absolute Gasteiger partial charge is 0.154 e. The Morgan fingerprint density at radius 1 is 1.55 bits per heavy atom. The molecular formula is C9H18O2. The van der Waals surface area contributed by atoms with E-state index in [1.165, 1.54) is 0 Å². The molecule has 0 aliphatic heterocycles. The number of unbranched alkanes of at least 4 members (excludes halogenated alkanes) is 2. The van der Waals surface area contributed by atoms with Crippen molar-refractivity contribution >= 4 is 0 Å². The molecule has 11 heavy (non-hydrogen) atoms. The van der Waals surface area contributed by atoms with Crippen LogP contribution in [0.5, 0.6) is 0 Å². The summed E-state index contributed by atoms with van der Waals surface area (Å²) >= 11 is 0. The maximum absolute atomic E-state index is 8.97. The van der Waals surface area contributed by atoms with E-state index >= 15 is 0 Å². The fraction of sp³-hybridized carbons (Fsp3) is 0.778. The second-order valence-corrected chi connectivity index (χ2v) is 2.52. The van der Waals surface area contributed by atoms with Crippen LogP contribution >= 0.6 is 0 Å². The minimum absolute atomic E-state index is 0.571. The standard InChI is InChI=1S/C9H18O2/c1-3-5-6-7-8-11-9(10)4-2/h3,9-10H,1,4-8H2,2H3. The van der Waals surface area contributed by atoms with Gasteiger partial charge in [0.25, 0.3) is 0 Å². The topological polar surface area (TPSA) is 29.5 Å². The highest BCUT2D eigenvalue weighted by Crippen LogP contribution is 1.99. The van der Waals surface area contributed by atoms with E-state index in [2.05, 4.69) is 6.58 Å². The van der Waals surface area contributed by atoms with E-state index in [9.17, 15) is 0 Å². The summed E-state index contributed by atoms with van der Waals surface area (Å²) in [5, 5.41) is 8.97. The van der Waals surface area contributed by atoms with E-state index in [0.29, 0.717) is 13.0 Å². The van der Waals surface area contributed by atoms with Gasteiger partial charge in [0.15, 0.2) is 6.29 Å². The van der Waals surface area contributed by atoms with Crippen molar-refractivity contribution in [2.75, 3.05) is 6.61 Å². The lowest BCUT2D eigenvalue weighted by Crippen LogP contribution is -2.10. The molecule has 0 bridgehead atoms. The summed E-state index contributed by atoms with van der Waals surface area (Å²) in [4.78, 5) is 0. The molecule has 0 aromatic rings. The molecule has 0 spiro atoms. The van der Waals surface area contributed by atoms with Crippen LogP contribution in [0.4, 0.5) is 0 Å². The fourth-order valence-electron chi connectivity index (χ4n) is 0.728. The highest BCUT2D eigenvalue weighted by Gasteiger charge is 1.97. The Labute approximate surface area is 68.9 Å². The van der Waals surface area contributed by atoms with Crippen LogP contribution in [0.3, 0.4) is 0 Å². The zero-order valence-corrected chi connectivity index (χ0v) is 7.25. The minimum atomic E-state index is -0.571. The van der Waals surface area contributed by atoms with Crippen molar-refractivity contribution in [1.29, 1.82) is 0 Å². The van der Waals surface area contributed by atoms with Gasteiger partial charge in [0.2, 0.25) is 0 Å². The van der Waals surface area contributed by atoms with Crippen LogP contribution in [-0.4, -0.2) is 18.0 Å². The van der Waals surface area contributed by atoms with Gasteiger partial charge in [-0.2, -0.15) is 0 Å². The minimum Gasteiger partial charge on any atom is -0.368 e. The molecular weight excluding hydrogens is 140 g/mol. The van der Waals surface area contributed by atoms with Crippen molar-refractivity contribution in [2.24, 2.45) is 0 Å². The lowest BCUT2D eigenvalue weighted by molar-refractivity contribution is -0.101. The summed E-state index contributed by atoms with van der Waals surface area (Å²) in [6.07, 6.45) is 5.13. The van der Waals surface area contributed by atoms with Crippen molar-refractivity contribution < 1.29 is 9.84 Å². The Morgan fingerprint density at radius 2 is 2.27 bits per heavy atom. The number of ether oxygens (including phenoxy) is 1. The van der Waals surface area contributed by atoms with E-state index in [-0.39, 0.29) is 0 Å². The number of rotatable bonds is 7. The summed E-state index contributed by atoms with van der Waals surface area (Å²) in [6.45, 7) is 6.17. The van der Waals surface area contributed by atoms with Gasteiger partial charge in [-0.1, -0.05) is 13.0 Å². The zero-order valence-electron chi connectivity index (χ0n) is 7.25. The first kappa shape index (κ1) is 10.7. The second-order valence-electron chi connectivity index (χ2n) is 2.52. The van der Waals surface area contributed by atoms with Gasteiger partial charge in [-0.05, 0) is 25.7 Å². The Bertz CT molecular complexity index is 91.6. The first-order valence-electron chi connectivity index (χ1n) is 4.21. The third-order valence-electron chi connectivity index (χ3n) is 1.46. The molecule has 0 rings (SSSR count). The van der Waals surface area contributed by atoms with Crippen LogP contribution in [-0.2, 0) is 4.74 Å². The Kier molecular flexibility index (Phi) is 7.52. The van der Waals surface area contributed by atoms with Crippen molar-refractivity contribution in [3.8, 4) is 0 Å². The van der Waals surface area contributed by atoms with Gasteiger partial charge in [0, 0.05) is 6.61 Å². The molecule has 0 aromatic carbocycles. The van der Waals surface area contributed by atoms with Crippen LogP contribution in [0.1, 0.15) is 32.6 Å². The summed E-state index contributed by atoms with van der Waals surface area (Å²) < 4.78 is 5.06. The van der Waals surface area contributed by atoms with Gasteiger partial charge in [0.1, 0.15) is 0 Å². The van der Waals surface area contributed by atoms with Crippen LogP contribution in [0.2, 0.25) is 0 Å². The van der Waals surface area contributed by atoms with Crippen molar-refractivity contribution in [1.82, 2.24) is 0 Å². The lowest BCUT2D eigenvalue weighted by Gasteiger charge is -2.08. The predicted molar refractivity (Wildman–Crippen MR) is 46.3 cm³/mol. The van der Waals surface area contributed by atoms with E-state index in [4.69, 9.17) is 9.84 Å². The highest BCUT2D eigenvalue weighted by atomic mass is 16.6. The van der Waals surface area contributed by atoms with E-state index in [1.807, 2.05) is 13.0 Å². The van der Waals surface area contributed by atoms with Crippen LogP contribution in [0, 0.1) is 0 Å². The van der Waals surface area contributed by atoms with Crippen LogP contribution in [0.15, 0.2) is 12.7 Å². The van der Waals surface area contributed by atoms with Crippen LogP contribution in [0.25, 0.3) is 0 Å². The summed E-state index contributed by atoms with van der Waals surface area (Å²) in [5.41, 5.74) is 0. The maximum atomic E-state index is 8.97. The molecule has 1 atom stereocenters. The number of hydrogen-bond donors (Lipinski definition) is 1. The fourth-order valence-corrected chi connectivity index (χ4v) is 0.728. The molecule has 0 aliphatic carbocycles. The SMILES string of the molecule is C=CCCCCOC(O)CC. The highest BCUT2D eigenvalue weighted by molar-refractivity contribution is 4.65. The first-order chi connectivity index (χ1) is 5.31. The molecule has 0 aromatic heterocycles. The molecule has 2 heteroatoms. The Hall–Kier alpha value is -0.340. The molecule has 0 aliphatic rings. The van der Waals surface area contributed by atoms with Crippen LogP contribution < -0.4 is 0 Å². The van der Waals surface area contributed by atoms with E-state index in [0.717, 1.165) is 19.3 Å². The number of aliphatic hydroxyl groups is 1. The quantitative estimate of drug-likeness (QED) is 0.349. The van der Waals surface area contributed by atoms with Gasteiger partial charge in [-0.15, -0.1) is 6.58 Å². The monoisotopic (exact) mass is 158 g/mol. The second kappa shape index (κ2) is 7.76. The Morgan fingerprint density at radius 3 is 2.82 bits per heavy atom. The number of hydrogen-bond acceptors (Lipinski definition) is 2. The molecule has 0 saturated heterocycles. The van der Waals surface area contributed by atoms with Gasteiger partial charge in [-0.3, -0.25) is 0 Å². The van der Waals surface area contributed by atoms with E-state index < -0.39 is 6.29 Å². The summed E-state index contributed by atoms with van der Waals surface area (Å²) in [7, 11) is 0. The lowest BCUT2D eigenvalue weighted by atomic mass is 10.2. The summed E-state index contributed by atoms with van der Waals surface area (Å²) in [6, 6.07) is 0. The average molecular weight is 158 g/mol. The van der Waals surface area contributed by atoms with Gasteiger partial charge >= 0.3 is 0 Å². The van der Waals surface area contributed by atoms with Gasteiger partial charge in [0.05, 0.1) is 0 Å². The molecule has 1 unspecified atom stereocenters. The number of allylic oxidation sites excluding steroid dienone is 1. The third-order valence-corrected chi connectivity index (χ3v) is 1.46. The molecule has 0 saturated carbocycles. The predicted octanol–water partition coefficient (Wildman–Crippen LogP) is 2.09. The van der Waals surface area contributed by atoms with Gasteiger partial charge < -0.3 is 9.84 Å². The maximum Gasteiger partial charge on any atom is 0.154 e. The zero-order chi connectivity index (χ0) is 8.53. The molecule has 66 valence electrons. The Balaban J connectivity index is 2.95. The summed E-state index contributed by atoms with van der Waals surface area (Å²) in [5.74, 6) is 0. The van der Waals surface area contributed by atoms with Crippen molar-refractivity contribution in [2.45, 2.75) is 38.9 Å². The molecule has 0 heterocycles. The third kappa shape index (κ3) is 7.56. The number of aliphatic hydroxyl groups excluding tert-OH is 1. The molecule has 2 nitrogen and oxygen atoms in total. The molecule has 0 amide bonds. The largest absolute Gasteiger partial charge is 0.368 e. The van der Waals surface area contributed by atoms with Gasteiger partial charge in [-0.25, -0.2) is 0 Å². The normalized spacial score (nSPS) is 12.9.